The Morgan fingerprint density at radius 3 is 2.64 bits per heavy atom. The van der Waals surface area contributed by atoms with Crippen molar-refractivity contribution in [2.75, 3.05) is 11.7 Å². The third kappa shape index (κ3) is 2.96. The van der Waals surface area contributed by atoms with Gasteiger partial charge in [-0.3, -0.25) is 9.59 Å². The largest absolute Gasteiger partial charge is 0.454 e. The molecule has 2 aromatic carbocycles. The fourth-order valence-corrected chi connectivity index (χ4v) is 3.15. The molecule has 0 radical (unpaired) electrons. The Morgan fingerprint density at radius 1 is 1.08 bits per heavy atom. The van der Waals surface area contributed by atoms with Gasteiger partial charge in [0, 0.05) is 5.56 Å². The molecule has 2 amide bonds. The minimum atomic E-state index is -0.390. The van der Waals surface area contributed by atoms with E-state index in [2.05, 4.69) is 0 Å². The standard InChI is InChI=1S/C19H18N2O4/c1-12-2-5-14(6-3-12)21-18(22)9-15(19(21)23)20-10-13-4-7-16-17(8-13)25-11-24-16/h2-8,15,20H,9-11H2,1H3/p+1/t15-/m0/s1. The van der Waals surface area contributed by atoms with E-state index < -0.39 is 0 Å². The summed E-state index contributed by atoms with van der Waals surface area (Å²) in [6, 6.07) is 12.8. The Bertz CT molecular complexity index is 832. The highest BCUT2D eigenvalue weighted by atomic mass is 16.7. The van der Waals surface area contributed by atoms with Crippen LogP contribution in [-0.2, 0) is 16.1 Å². The van der Waals surface area contributed by atoms with Crippen molar-refractivity contribution in [2.24, 2.45) is 0 Å². The fraction of sp³-hybridized carbons (Fsp3) is 0.263. The average Bonchev–Trinajstić information content (AvgIpc) is 3.18. The number of nitrogens with zero attached hydrogens (tertiary/aromatic N) is 1. The lowest BCUT2D eigenvalue weighted by atomic mass is 10.1. The molecule has 0 spiro atoms. The number of hydrogen-bond donors (Lipinski definition) is 1. The highest BCUT2D eigenvalue weighted by Gasteiger charge is 2.42. The predicted molar refractivity (Wildman–Crippen MR) is 90.3 cm³/mol. The third-order valence-corrected chi connectivity index (χ3v) is 4.55. The normalized spacial score (nSPS) is 18.9. The van der Waals surface area contributed by atoms with Crippen LogP contribution in [0, 0.1) is 6.92 Å². The second-order valence-corrected chi connectivity index (χ2v) is 6.34. The number of fused-ring (bicyclic) bond motifs is 1. The Balaban J connectivity index is 1.44. The number of rotatable bonds is 4. The summed E-state index contributed by atoms with van der Waals surface area (Å²) in [4.78, 5) is 26.2. The second-order valence-electron chi connectivity index (χ2n) is 6.34. The first-order valence-electron chi connectivity index (χ1n) is 8.27. The van der Waals surface area contributed by atoms with Gasteiger partial charge >= 0.3 is 0 Å². The van der Waals surface area contributed by atoms with Gasteiger partial charge in [0.25, 0.3) is 5.91 Å². The topological polar surface area (TPSA) is 72.5 Å². The minimum Gasteiger partial charge on any atom is -0.454 e. The number of nitrogens with two attached hydrogens (primary N) is 1. The number of aryl methyl sites for hydroxylation is 1. The lowest BCUT2D eigenvalue weighted by molar-refractivity contribution is -0.690. The quantitative estimate of drug-likeness (QED) is 0.848. The van der Waals surface area contributed by atoms with Gasteiger partial charge in [-0.15, -0.1) is 0 Å². The number of anilines is 1. The van der Waals surface area contributed by atoms with E-state index in [0.29, 0.717) is 12.2 Å². The van der Waals surface area contributed by atoms with Gasteiger partial charge in [0.1, 0.15) is 6.54 Å². The summed E-state index contributed by atoms with van der Waals surface area (Å²) in [5.41, 5.74) is 2.76. The maximum atomic E-state index is 12.6. The molecule has 4 rings (SSSR count). The molecule has 1 fully saturated rings. The minimum absolute atomic E-state index is 0.152. The van der Waals surface area contributed by atoms with Gasteiger partial charge in [-0.05, 0) is 37.3 Å². The summed E-state index contributed by atoms with van der Waals surface area (Å²) in [5, 5.41) is 1.91. The van der Waals surface area contributed by atoms with Crippen molar-refractivity contribution in [3.05, 3.63) is 53.6 Å². The molecule has 2 heterocycles. The van der Waals surface area contributed by atoms with Crippen molar-refractivity contribution >= 4 is 17.5 Å². The number of imide groups is 1. The summed E-state index contributed by atoms with van der Waals surface area (Å²) in [6.45, 7) is 2.81. The van der Waals surface area contributed by atoms with Gasteiger partial charge in [-0.1, -0.05) is 17.7 Å². The summed E-state index contributed by atoms with van der Waals surface area (Å²) in [6.07, 6.45) is 0.220. The van der Waals surface area contributed by atoms with Crippen LogP contribution in [0.5, 0.6) is 11.5 Å². The maximum absolute atomic E-state index is 12.6. The van der Waals surface area contributed by atoms with Gasteiger partial charge in [0.2, 0.25) is 12.7 Å². The molecule has 1 saturated heterocycles. The van der Waals surface area contributed by atoms with Gasteiger partial charge in [0.15, 0.2) is 17.5 Å². The van der Waals surface area contributed by atoms with E-state index >= 15 is 0 Å². The van der Waals surface area contributed by atoms with Crippen LogP contribution in [0.1, 0.15) is 17.5 Å². The predicted octanol–water partition coefficient (Wildman–Crippen LogP) is 1.12. The third-order valence-electron chi connectivity index (χ3n) is 4.55. The van der Waals surface area contributed by atoms with Crippen LogP contribution in [0.25, 0.3) is 0 Å². The van der Waals surface area contributed by atoms with Crippen molar-refractivity contribution in [3.8, 4) is 11.5 Å². The van der Waals surface area contributed by atoms with Gasteiger partial charge in [-0.25, -0.2) is 4.90 Å². The van der Waals surface area contributed by atoms with E-state index in [1.807, 2.05) is 54.7 Å². The summed E-state index contributed by atoms with van der Waals surface area (Å²) < 4.78 is 10.7. The maximum Gasteiger partial charge on any atom is 0.292 e. The first-order valence-corrected chi connectivity index (χ1v) is 8.27. The molecule has 0 unspecified atom stereocenters. The van der Waals surface area contributed by atoms with E-state index in [4.69, 9.17) is 9.47 Å². The molecule has 2 aromatic rings. The van der Waals surface area contributed by atoms with Crippen LogP contribution < -0.4 is 19.7 Å². The molecule has 0 aliphatic carbocycles. The van der Waals surface area contributed by atoms with Crippen LogP contribution in [0.3, 0.4) is 0 Å². The van der Waals surface area contributed by atoms with Gasteiger partial charge in [0.05, 0.1) is 12.1 Å². The monoisotopic (exact) mass is 339 g/mol. The molecular weight excluding hydrogens is 320 g/mol. The molecule has 1 atom stereocenters. The zero-order valence-corrected chi connectivity index (χ0v) is 13.9. The van der Waals surface area contributed by atoms with Crippen LogP contribution in [-0.4, -0.2) is 24.6 Å². The van der Waals surface area contributed by atoms with Gasteiger partial charge < -0.3 is 14.8 Å². The van der Waals surface area contributed by atoms with E-state index in [1.165, 1.54) is 4.90 Å². The number of carbonyl (C=O) groups is 2. The van der Waals surface area contributed by atoms with Crippen molar-refractivity contribution in [2.45, 2.75) is 25.9 Å². The molecule has 6 nitrogen and oxygen atoms in total. The first kappa shape index (κ1) is 15.7. The van der Waals surface area contributed by atoms with E-state index in [9.17, 15) is 9.59 Å². The average molecular weight is 339 g/mol. The van der Waals surface area contributed by atoms with Crippen molar-refractivity contribution in [3.63, 3.8) is 0 Å². The van der Waals surface area contributed by atoms with Crippen LogP contribution >= 0.6 is 0 Å². The molecule has 6 heteroatoms. The summed E-state index contributed by atoms with van der Waals surface area (Å²) >= 11 is 0. The summed E-state index contributed by atoms with van der Waals surface area (Å²) in [5.74, 6) is 1.15. The number of quaternary nitrogens is 1. The zero-order chi connectivity index (χ0) is 17.4. The number of carbonyl (C=O) groups excluding carboxylic acids is 2. The number of benzene rings is 2. The molecule has 0 saturated carbocycles. The smallest absolute Gasteiger partial charge is 0.292 e. The first-order chi connectivity index (χ1) is 12.1. The number of ether oxygens (including phenoxy) is 2. The Morgan fingerprint density at radius 2 is 1.84 bits per heavy atom. The van der Waals surface area contributed by atoms with Crippen LogP contribution in [0.4, 0.5) is 5.69 Å². The zero-order valence-electron chi connectivity index (χ0n) is 13.9. The highest BCUT2D eigenvalue weighted by molar-refractivity contribution is 6.21. The number of hydrogen-bond acceptors (Lipinski definition) is 4. The Labute approximate surface area is 145 Å². The molecule has 25 heavy (non-hydrogen) atoms. The molecule has 128 valence electrons. The lowest BCUT2D eigenvalue weighted by Gasteiger charge is -2.14. The van der Waals surface area contributed by atoms with Gasteiger partial charge in [-0.2, -0.15) is 0 Å². The lowest BCUT2D eigenvalue weighted by Crippen LogP contribution is -2.90. The molecule has 2 aliphatic heterocycles. The molecule has 2 N–H and O–H groups in total. The SMILES string of the molecule is Cc1ccc(N2C(=O)C[C@H]([NH2+]Cc3ccc4c(c3)OCO4)C2=O)cc1. The summed E-state index contributed by atoms with van der Waals surface area (Å²) in [7, 11) is 0. The van der Waals surface area contributed by atoms with Crippen LogP contribution in [0.15, 0.2) is 42.5 Å². The van der Waals surface area contributed by atoms with E-state index in [-0.39, 0.29) is 31.1 Å². The molecule has 0 aromatic heterocycles. The Hall–Kier alpha value is -2.86. The van der Waals surface area contributed by atoms with E-state index in [0.717, 1.165) is 22.6 Å². The van der Waals surface area contributed by atoms with Crippen molar-refractivity contribution in [1.29, 1.82) is 0 Å². The van der Waals surface area contributed by atoms with Crippen molar-refractivity contribution < 1.29 is 24.4 Å². The Kier molecular flexibility index (Phi) is 3.89. The second kappa shape index (κ2) is 6.22. The molecule has 2 aliphatic rings. The number of amides is 2. The van der Waals surface area contributed by atoms with E-state index in [1.54, 1.807) is 0 Å². The molecular formula is C19H19N2O4+. The van der Waals surface area contributed by atoms with Crippen molar-refractivity contribution in [1.82, 2.24) is 0 Å². The molecule has 0 bridgehead atoms. The van der Waals surface area contributed by atoms with Crippen LogP contribution in [0.2, 0.25) is 0 Å². The highest BCUT2D eigenvalue weighted by Crippen LogP contribution is 2.32. The fourth-order valence-electron chi connectivity index (χ4n) is 3.15.